The van der Waals surface area contributed by atoms with Gasteiger partial charge in [0.1, 0.15) is 19.0 Å². The standard InChI is InChI=1S/C12H12FN3O2/c13-10-3-1-9(2-4-10)8-18-12(17)7-16-6-11(14)5-15-16/h1-6H,7-8,14H2. The van der Waals surface area contributed by atoms with Gasteiger partial charge in [-0.15, -0.1) is 0 Å². The van der Waals surface area contributed by atoms with E-state index in [0.717, 1.165) is 5.56 Å². The van der Waals surface area contributed by atoms with Crippen molar-refractivity contribution in [3.05, 3.63) is 48.0 Å². The van der Waals surface area contributed by atoms with Gasteiger partial charge >= 0.3 is 5.97 Å². The highest BCUT2D eigenvalue weighted by atomic mass is 19.1. The third-order valence-corrected chi connectivity index (χ3v) is 2.26. The van der Waals surface area contributed by atoms with Crippen LogP contribution in [0.2, 0.25) is 0 Å². The molecule has 0 fully saturated rings. The molecule has 0 amide bonds. The number of aromatic nitrogens is 2. The summed E-state index contributed by atoms with van der Waals surface area (Å²) in [6.45, 7) is 0.105. The summed E-state index contributed by atoms with van der Waals surface area (Å²) in [5.74, 6) is -0.750. The molecule has 0 radical (unpaired) electrons. The first-order chi connectivity index (χ1) is 8.63. The Morgan fingerprint density at radius 1 is 1.39 bits per heavy atom. The lowest BCUT2D eigenvalue weighted by Crippen LogP contribution is -2.13. The maximum Gasteiger partial charge on any atom is 0.328 e. The van der Waals surface area contributed by atoms with Crippen LogP contribution in [0.15, 0.2) is 36.7 Å². The van der Waals surface area contributed by atoms with Crippen LogP contribution in [0.5, 0.6) is 0 Å². The number of nitrogens with two attached hydrogens (primary N) is 1. The van der Waals surface area contributed by atoms with Gasteiger partial charge in [-0.05, 0) is 17.7 Å². The number of halogens is 1. The van der Waals surface area contributed by atoms with Crippen LogP contribution in [-0.4, -0.2) is 15.7 Å². The van der Waals surface area contributed by atoms with Crippen molar-refractivity contribution in [2.75, 3.05) is 5.73 Å². The summed E-state index contributed by atoms with van der Waals surface area (Å²) in [6, 6.07) is 5.76. The molecule has 0 aliphatic rings. The van der Waals surface area contributed by atoms with Crippen LogP contribution in [0.1, 0.15) is 5.56 Å². The highest BCUT2D eigenvalue weighted by molar-refractivity contribution is 5.69. The molecule has 0 saturated carbocycles. The summed E-state index contributed by atoms with van der Waals surface area (Å²) in [5.41, 5.74) is 6.68. The predicted molar refractivity (Wildman–Crippen MR) is 62.8 cm³/mol. The molecular formula is C12H12FN3O2. The Morgan fingerprint density at radius 3 is 2.72 bits per heavy atom. The van der Waals surface area contributed by atoms with Crippen LogP contribution in [0.25, 0.3) is 0 Å². The second kappa shape index (κ2) is 5.31. The molecule has 0 saturated heterocycles. The van der Waals surface area contributed by atoms with Gasteiger partial charge in [0, 0.05) is 6.20 Å². The Kier molecular flexibility index (Phi) is 3.57. The van der Waals surface area contributed by atoms with Crippen molar-refractivity contribution in [3.63, 3.8) is 0 Å². The zero-order valence-corrected chi connectivity index (χ0v) is 9.54. The minimum atomic E-state index is -0.428. The molecule has 1 heterocycles. The smallest absolute Gasteiger partial charge is 0.328 e. The van der Waals surface area contributed by atoms with Gasteiger partial charge in [-0.2, -0.15) is 5.10 Å². The van der Waals surface area contributed by atoms with Gasteiger partial charge in [0.15, 0.2) is 0 Å². The Labute approximate surface area is 103 Å². The van der Waals surface area contributed by atoms with E-state index in [4.69, 9.17) is 10.5 Å². The number of rotatable bonds is 4. The van der Waals surface area contributed by atoms with E-state index in [9.17, 15) is 9.18 Å². The van der Waals surface area contributed by atoms with E-state index in [0.29, 0.717) is 5.69 Å². The number of nitrogen functional groups attached to an aromatic ring is 1. The third-order valence-electron chi connectivity index (χ3n) is 2.26. The Hall–Kier alpha value is -2.37. The van der Waals surface area contributed by atoms with E-state index in [2.05, 4.69) is 5.10 Å². The number of carbonyl (C=O) groups is 1. The first kappa shape index (κ1) is 12.1. The van der Waals surface area contributed by atoms with E-state index in [1.165, 1.54) is 23.0 Å². The Bertz CT molecular complexity index is 537. The molecule has 6 heteroatoms. The van der Waals surface area contributed by atoms with Crippen LogP contribution in [0, 0.1) is 5.82 Å². The fourth-order valence-corrected chi connectivity index (χ4v) is 1.39. The molecule has 0 spiro atoms. The molecule has 0 atom stereocenters. The predicted octanol–water partition coefficient (Wildman–Crippen LogP) is 1.35. The maximum atomic E-state index is 12.6. The molecule has 2 rings (SSSR count). The summed E-state index contributed by atoms with van der Waals surface area (Å²) in [6.07, 6.45) is 2.99. The summed E-state index contributed by atoms with van der Waals surface area (Å²) >= 11 is 0. The number of hydrogen-bond donors (Lipinski definition) is 1. The van der Waals surface area contributed by atoms with E-state index in [1.807, 2.05) is 0 Å². The van der Waals surface area contributed by atoms with Crippen LogP contribution < -0.4 is 5.73 Å². The molecule has 0 aliphatic carbocycles. The number of nitrogens with zero attached hydrogens (tertiary/aromatic N) is 2. The minimum Gasteiger partial charge on any atom is -0.459 e. The molecule has 94 valence electrons. The van der Waals surface area contributed by atoms with E-state index in [1.54, 1.807) is 18.3 Å². The van der Waals surface area contributed by atoms with Crippen molar-refractivity contribution in [1.29, 1.82) is 0 Å². The first-order valence-corrected chi connectivity index (χ1v) is 5.31. The second-order valence-corrected chi connectivity index (χ2v) is 3.76. The number of carbonyl (C=O) groups excluding carboxylic acids is 1. The Balaban J connectivity index is 1.83. The molecule has 5 nitrogen and oxygen atoms in total. The average Bonchev–Trinajstić information content (AvgIpc) is 2.74. The molecule has 0 aliphatic heterocycles. The molecule has 18 heavy (non-hydrogen) atoms. The summed E-state index contributed by atoms with van der Waals surface area (Å²) in [4.78, 5) is 11.5. The normalized spacial score (nSPS) is 10.3. The van der Waals surface area contributed by atoms with Crippen molar-refractivity contribution in [2.24, 2.45) is 0 Å². The molecular weight excluding hydrogens is 237 g/mol. The number of ether oxygens (including phenoxy) is 1. The van der Waals surface area contributed by atoms with Crippen molar-refractivity contribution < 1.29 is 13.9 Å². The largest absolute Gasteiger partial charge is 0.459 e. The summed E-state index contributed by atoms with van der Waals surface area (Å²) in [7, 11) is 0. The van der Waals surface area contributed by atoms with Gasteiger partial charge < -0.3 is 10.5 Å². The third kappa shape index (κ3) is 3.31. The number of benzene rings is 1. The quantitative estimate of drug-likeness (QED) is 0.830. The highest BCUT2D eigenvalue weighted by Crippen LogP contribution is 2.05. The lowest BCUT2D eigenvalue weighted by atomic mass is 10.2. The average molecular weight is 249 g/mol. The zero-order valence-electron chi connectivity index (χ0n) is 9.54. The van der Waals surface area contributed by atoms with E-state index < -0.39 is 5.97 Å². The summed E-state index contributed by atoms with van der Waals surface area (Å²) in [5, 5.41) is 3.86. The van der Waals surface area contributed by atoms with Gasteiger partial charge in [-0.3, -0.25) is 9.48 Å². The van der Waals surface area contributed by atoms with Gasteiger partial charge in [0.2, 0.25) is 0 Å². The fraction of sp³-hybridized carbons (Fsp3) is 0.167. The molecule has 1 aromatic carbocycles. The number of esters is 1. The van der Waals surface area contributed by atoms with Crippen LogP contribution >= 0.6 is 0 Å². The van der Waals surface area contributed by atoms with Gasteiger partial charge in [-0.25, -0.2) is 4.39 Å². The zero-order chi connectivity index (χ0) is 13.0. The monoisotopic (exact) mass is 249 g/mol. The molecule has 1 aromatic heterocycles. The summed E-state index contributed by atoms with van der Waals surface area (Å²) < 4.78 is 19.1. The van der Waals surface area contributed by atoms with Crippen molar-refractivity contribution in [3.8, 4) is 0 Å². The van der Waals surface area contributed by atoms with Gasteiger partial charge in [0.25, 0.3) is 0 Å². The minimum absolute atomic E-state index is 0.00159. The topological polar surface area (TPSA) is 70.1 Å². The number of hydrogen-bond acceptors (Lipinski definition) is 4. The van der Waals surface area contributed by atoms with Crippen LogP contribution in [-0.2, 0) is 22.7 Å². The molecule has 0 bridgehead atoms. The van der Waals surface area contributed by atoms with E-state index in [-0.39, 0.29) is 19.0 Å². The fourth-order valence-electron chi connectivity index (χ4n) is 1.39. The van der Waals surface area contributed by atoms with Crippen LogP contribution in [0.4, 0.5) is 10.1 Å². The van der Waals surface area contributed by atoms with Crippen molar-refractivity contribution in [2.45, 2.75) is 13.2 Å². The van der Waals surface area contributed by atoms with Gasteiger partial charge in [0.05, 0.1) is 11.9 Å². The molecule has 2 N–H and O–H groups in total. The molecule has 2 aromatic rings. The first-order valence-electron chi connectivity index (χ1n) is 5.31. The lowest BCUT2D eigenvalue weighted by molar-refractivity contribution is -0.145. The van der Waals surface area contributed by atoms with E-state index >= 15 is 0 Å². The highest BCUT2D eigenvalue weighted by Gasteiger charge is 2.05. The number of anilines is 1. The lowest BCUT2D eigenvalue weighted by Gasteiger charge is -2.05. The second-order valence-electron chi connectivity index (χ2n) is 3.76. The van der Waals surface area contributed by atoms with Crippen molar-refractivity contribution >= 4 is 11.7 Å². The SMILES string of the molecule is Nc1cnn(CC(=O)OCc2ccc(F)cc2)c1. The maximum absolute atomic E-state index is 12.6. The molecule has 0 unspecified atom stereocenters. The van der Waals surface area contributed by atoms with Crippen LogP contribution in [0.3, 0.4) is 0 Å². The van der Waals surface area contributed by atoms with Crippen molar-refractivity contribution in [1.82, 2.24) is 9.78 Å². The Morgan fingerprint density at radius 2 is 2.11 bits per heavy atom. The van der Waals surface area contributed by atoms with Gasteiger partial charge in [-0.1, -0.05) is 12.1 Å².